The van der Waals surface area contributed by atoms with Gasteiger partial charge >= 0.3 is 0 Å². The number of allylic oxidation sites excluding steroid dienone is 2. The van der Waals surface area contributed by atoms with Gasteiger partial charge in [-0.15, -0.1) is 11.3 Å². The van der Waals surface area contributed by atoms with E-state index < -0.39 is 46.8 Å². The van der Waals surface area contributed by atoms with Crippen LogP contribution in [-0.4, -0.2) is 52.9 Å². The summed E-state index contributed by atoms with van der Waals surface area (Å²) < 4.78 is 11.2. The highest BCUT2D eigenvalue weighted by Gasteiger charge is 2.70. The zero-order valence-electron chi connectivity index (χ0n) is 28.4. The quantitative estimate of drug-likeness (QED) is 0.170. The first-order chi connectivity index (χ1) is 24.7. The number of hydrogen-bond acceptors (Lipinski definition) is 9. The molecule has 3 aromatic carbocycles. The SMILES string of the molecule is COc1cc([C@H]2C3=CC[C@@H]4C(=O)N(Cc5cccs5)C(=O)[C@@H]4[C@@H]3C[C@H]3C(=O)N(Nc4ccc(C)cc4)C(=O)[C@@]23c2ccccc2)cc(OC)c1O. The summed E-state index contributed by atoms with van der Waals surface area (Å²) in [6.45, 7) is 2.16. The number of ether oxygens (including phenoxy) is 2. The number of benzene rings is 3. The van der Waals surface area contributed by atoms with E-state index in [1.165, 1.54) is 30.5 Å². The molecule has 0 unspecified atom stereocenters. The van der Waals surface area contributed by atoms with Crippen molar-refractivity contribution >= 4 is 40.7 Å². The normalized spacial score (nSPS) is 26.8. The van der Waals surface area contributed by atoms with Crippen molar-refractivity contribution in [3.8, 4) is 17.2 Å². The first kappa shape index (κ1) is 32.8. The van der Waals surface area contributed by atoms with E-state index in [0.29, 0.717) is 23.2 Å². The smallest absolute Gasteiger partial charge is 0.260 e. The van der Waals surface area contributed by atoms with Gasteiger partial charge in [-0.05, 0) is 72.5 Å². The van der Waals surface area contributed by atoms with E-state index in [1.54, 1.807) is 12.1 Å². The van der Waals surface area contributed by atoms with Crippen molar-refractivity contribution in [3.05, 3.63) is 117 Å². The number of aryl methyl sites for hydroxylation is 1. The number of imide groups is 2. The van der Waals surface area contributed by atoms with Crippen molar-refractivity contribution < 1.29 is 33.8 Å². The Morgan fingerprint density at radius 3 is 2.24 bits per heavy atom. The summed E-state index contributed by atoms with van der Waals surface area (Å²) in [7, 11) is 2.87. The van der Waals surface area contributed by atoms with Gasteiger partial charge in [0.1, 0.15) is 0 Å². The van der Waals surface area contributed by atoms with Gasteiger partial charge in [-0.1, -0.05) is 65.7 Å². The minimum Gasteiger partial charge on any atom is -0.502 e. The van der Waals surface area contributed by atoms with Gasteiger partial charge in [0.25, 0.3) is 11.8 Å². The number of thiophene rings is 1. The Morgan fingerprint density at radius 2 is 1.59 bits per heavy atom. The Bertz CT molecular complexity index is 2060. The largest absolute Gasteiger partial charge is 0.502 e. The van der Waals surface area contributed by atoms with Crippen LogP contribution in [0, 0.1) is 30.6 Å². The van der Waals surface area contributed by atoms with Crippen LogP contribution in [0.2, 0.25) is 0 Å². The molecule has 0 bridgehead atoms. The van der Waals surface area contributed by atoms with Gasteiger partial charge in [0, 0.05) is 10.8 Å². The fourth-order valence-electron chi connectivity index (χ4n) is 8.98. The number of hydrazine groups is 1. The molecule has 0 radical (unpaired) electrons. The van der Waals surface area contributed by atoms with Gasteiger partial charge in [-0.2, -0.15) is 5.01 Å². The molecule has 4 aliphatic rings. The molecule has 2 aliphatic heterocycles. The number of phenolic OH excluding ortho intramolecular Hbond substituents is 1. The van der Waals surface area contributed by atoms with Gasteiger partial charge in [-0.25, -0.2) is 0 Å². The van der Waals surface area contributed by atoms with E-state index in [0.717, 1.165) is 21.0 Å². The molecule has 1 saturated carbocycles. The Balaban J connectivity index is 1.33. The van der Waals surface area contributed by atoms with E-state index in [1.807, 2.05) is 85.1 Å². The Labute approximate surface area is 299 Å². The van der Waals surface area contributed by atoms with E-state index >= 15 is 4.79 Å². The maximum Gasteiger partial charge on any atom is 0.260 e. The second-order valence-electron chi connectivity index (χ2n) is 13.7. The third kappa shape index (κ3) is 4.89. The Kier molecular flexibility index (Phi) is 7.98. The molecule has 3 heterocycles. The van der Waals surface area contributed by atoms with Crippen molar-refractivity contribution in [2.24, 2.45) is 23.7 Å². The minimum absolute atomic E-state index is 0.140. The molecular formula is C40H37N3O7S. The number of hydrogen-bond donors (Lipinski definition) is 2. The van der Waals surface area contributed by atoms with Crippen LogP contribution in [0.5, 0.6) is 17.2 Å². The monoisotopic (exact) mass is 703 g/mol. The number of phenols is 1. The van der Waals surface area contributed by atoms with E-state index in [4.69, 9.17) is 9.47 Å². The van der Waals surface area contributed by atoms with Crippen LogP contribution in [0.3, 0.4) is 0 Å². The predicted molar refractivity (Wildman–Crippen MR) is 190 cm³/mol. The van der Waals surface area contributed by atoms with Crippen LogP contribution in [-0.2, 0) is 31.1 Å². The van der Waals surface area contributed by atoms with Crippen LogP contribution >= 0.6 is 11.3 Å². The highest BCUT2D eigenvalue weighted by Crippen LogP contribution is 2.64. The summed E-state index contributed by atoms with van der Waals surface area (Å²) in [6.07, 6.45) is 2.51. The lowest BCUT2D eigenvalue weighted by atomic mass is 9.49. The van der Waals surface area contributed by atoms with Gasteiger partial charge in [0.2, 0.25) is 17.6 Å². The number of amides is 4. The summed E-state index contributed by atoms with van der Waals surface area (Å²) in [5.74, 6) is -4.72. The molecule has 4 amide bonds. The molecular weight excluding hydrogens is 667 g/mol. The number of methoxy groups -OCH3 is 2. The number of nitrogens with one attached hydrogen (secondary N) is 1. The highest BCUT2D eigenvalue weighted by molar-refractivity contribution is 7.09. The number of carbonyl (C=O) groups is 4. The molecule has 51 heavy (non-hydrogen) atoms. The van der Waals surface area contributed by atoms with Gasteiger partial charge in [0.05, 0.1) is 49.6 Å². The van der Waals surface area contributed by atoms with Crippen molar-refractivity contribution in [3.63, 3.8) is 0 Å². The standard InChI is InChI=1S/C40H37N3O7S/c1-22-11-13-25(14-12-22)41-43-37(46)30-20-29-27(15-16-28-33(29)38(47)42(36(28)45)21-26-10-7-17-51-26)34(23-18-31(49-2)35(44)32(19-23)50-3)40(30,39(43)48)24-8-5-4-6-9-24/h4-15,17-19,28-30,33-34,41,44H,16,20-21H2,1-3H3/t28-,29+,30-,33-,34-,40+/m0/s1. The average Bonchev–Trinajstić information content (AvgIpc) is 3.81. The molecule has 11 heteroatoms. The number of anilines is 1. The number of nitrogens with zero attached hydrogens (tertiary/aromatic N) is 2. The second kappa shape index (κ2) is 12.4. The van der Waals surface area contributed by atoms with E-state index in [9.17, 15) is 19.5 Å². The fraction of sp³-hybridized carbons (Fsp3) is 0.300. The lowest BCUT2D eigenvalue weighted by Crippen LogP contribution is -2.53. The Morgan fingerprint density at radius 1 is 0.882 bits per heavy atom. The zero-order valence-corrected chi connectivity index (χ0v) is 29.2. The van der Waals surface area contributed by atoms with Crippen molar-refractivity contribution in [2.45, 2.75) is 37.6 Å². The number of likely N-dealkylation sites (tertiary alicyclic amines) is 1. The fourth-order valence-corrected chi connectivity index (χ4v) is 9.67. The third-order valence-electron chi connectivity index (χ3n) is 11.2. The summed E-state index contributed by atoms with van der Waals surface area (Å²) in [5, 5.41) is 14.0. The molecule has 4 aromatic rings. The van der Waals surface area contributed by atoms with Crippen LogP contribution < -0.4 is 14.9 Å². The third-order valence-corrected chi connectivity index (χ3v) is 12.1. The van der Waals surface area contributed by atoms with Crippen LogP contribution in [0.1, 0.15) is 40.3 Å². The minimum atomic E-state index is -1.46. The molecule has 0 spiro atoms. The first-order valence-corrected chi connectivity index (χ1v) is 17.9. The molecule has 260 valence electrons. The van der Waals surface area contributed by atoms with Gasteiger partial charge < -0.3 is 14.6 Å². The van der Waals surface area contributed by atoms with Crippen molar-refractivity contribution in [1.82, 2.24) is 9.91 Å². The lowest BCUT2D eigenvalue weighted by Gasteiger charge is -2.50. The Hall–Kier alpha value is -5.42. The molecule has 8 rings (SSSR count). The molecule has 3 fully saturated rings. The lowest BCUT2D eigenvalue weighted by molar-refractivity contribution is -0.141. The van der Waals surface area contributed by atoms with Crippen molar-refractivity contribution in [2.75, 3.05) is 19.6 Å². The van der Waals surface area contributed by atoms with E-state index in [-0.39, 0.29) is 42.0 Å². The second-order valence-corrected chi connectivity index (χ2v) is 14.7. The summed E-state index contributed by atoms with van der Waals surface area (Å²) in [5.41, 5.74) is 5.29. The topological polar surface area (TPSA) is 125 Å². The van der Waals surface area contributed by atoms with Gasteiger partial charge in [-0.3, -0.25) is 29.5 Å². The molecule has 2 N–H and O–H groups in total. The van der Waals surface area contributed by atoms with Crippen LogP contribution in [0.4, 0.5) is 5.69 Å². The maximum absolute atomic E-state index is 15.3. The first-order valence-electron chi connectivity index (χ1n) is 17.0. The summed E-state index contributed by atoms with van der Waals surface area (Å²) in [6, 6.07) is 23.9. The molecule has 2 aliphatic carbocycles. The molecule has 10 nitrogen and oxygen atoms in total. The predicted octanol–water partition coefficient (Wildman–Crippen LogP) is 5.96. The van der Waals surface area contributed by atoms with Crippen LogP contribution in [0.25, 0.3) is 0 Å². The zero-order chi connectivity index (χ0) is 35.6. The van der Waals surface area contributed by atoms with E-state index in [2.05, 4.69) is 5.43 Å². The number of fused-ring (bicyclic) bond motifs is 4. The molecule has 6 atom stereocenters. The maximum atomic E-state index is 15.3. The summed E-state index contributed by atoms with van der Waals surface area (Å²) in [4.78, 5) is 60.7. The molecule has 1 aromatic heterocycles. The van der Waals surface area contributed by atoms with Crippen LogP contribution in [0.15, 0.2) is 95.9 Å². The highest BCUT2D eigenvalue weighted by atomic mass is 32.1. The number of rotatable bonds is 8. The average molecular weight is 704 g/mol. The summed E-state index contributed by atoms with van der Waals surface area (Å²) >= 11 is 1.49. The molecule has 2 saturated heterocycles. The number of carbonyl (C=O) groups excluding carboxylic acids is 4. The van der Waals surface area contributed by atoms with Gasteiger partial charge in [0.15, 0.2) is 11.5 Å². The number of aromatic hydroxyl groups is 1. The van der Waals surface area contributed by atoms with Crippen molar-refractivity contribution in [1.29, 1.82) is 0 Å².